The largest absolute Gasteiger partial charge is 0.395 e. The summed E-state index contributed by atoms with van der Waals surface area (Å²) in [6.07, 6.45) is 6.64. The van der Waals surface area contributed by atoms with E-state index in [1.807, 2.05) is 0 Å². The van der Waals surface area contributed by atoms with E-state index in [1.54, 1.807) is 0 Å². The van der Waals surface area contributed by atoms with E-state index in [0.29, 0.717) is 5.92 Å². The third kappa shape index (κ3) is 2.58. The first-order chi connectivity index (χ1) is 9.67. The summed E-state index contributed by atoms with van der Waals surface area (Å²) in [5.41, 5.74) is 3.32. The summed E-state index contributed by atoms with van der Waals surface area (Å²) < 4.78 is 2.09. The van der Waals surface area contributed by atoms with E-state index in [0.717, 1.165) is 24.4 Å². The number of fused-ring (bicyclic) bond motifs is 1. The zero-order valence-electron chi connectivity index (χ0n) is 12.3. The number of aliphatic hydroxyl groups is 1. The van der Waals surface area contributed by atoms with Crippen molar-refractivity contribution in [1.29, 1.82) is 0 Å². The Balaban J connectivity index is 1.81. The number of hydrogen-bond acceptors (Lipinski definition) is 3. The lowest BCUT2D eigenvalue weighted by Crippen LogP contribution is -2.46. The molecule has 2 aromatic rings. The van der Waals surface area contributed by atoms with Crippen LogP contribution in [0.1, 0.15) is 31.0 Å². The molecule has 3 rings (SSSR count). The molecule has 1 fully saturated rings. The van der Waals surface area contributed by atoms with Gasteiger partial charge in [0.1, 0.15) is 5.65 Å². The molecule has 1 aliphatic rings. The van der Waals surface area contributed by atoms with Crippen LogP contribution in [0, 0.1) is 12.8 Å². The first-order valence-corrected chi connectivity index (χ1v) is 7.46. The Bertz CT molecular complexity index is 592. The van der Waals surface area contributed by atoms with Crippen molar-refractivity contribution >= 4 is 5.65 Å². The van der Waals surface area contributed by atoms with Crippen LogP contribution in [0.25, 0.3) is 5.65 Å². The molecule has 0 amide bonds. The van der Waals surface area contributed by atoms with Gasteiger partial charge in [0.15, 0.2) is 0 Å². The van der Waals surface area contributed by atoms with Crippen LogP contribution in [0.15, 0.2) is 24.5 Å². The van der Waals surface area contributed by atoms with Gasteiger partial charge in [-0.2, -0.15) is 0 Å². The number of aliphatic hydroxyl groups excluding tert-OH is 1. The summed E-state index contributed by atoms with van der Waals surface area (Å²) in [6, 6.07) is 4.42. The van der Waals surface area contributed by atoms with Gasteiger partial charge >= 0.3 is 0 Å². The number of pyridine rings is 1. The fraction of sp³-hybridized carbons (Fsp3) is 0.562. The normalized spacial score (nSPS) is 24.4. The lowest BCUT2D eigenvalue weighted by atomic mass is 9.91. The maximum absolute atomic E-state index is 9.62. The molecule has 3 heterocycles. The number of nitrogens with zero attached hydrogens (tertiary/aromatic N) is 3. The minimum Gasteiger partial charge on any atom is -0.395 e. The number of likely N-dealkylation sites (tertiary alicyclic amines) is 1. The van der Waals surface area contributed by atoms with E-state index in [1.165, 1.54) is 18.4 Å². The van der Waals surface area contributed by atoms with Gasteiger partial charge in [-0.15, -0.1) is 0 Å². The van der Waals surface area contributed by atoms with Gasteiger partial charge in [-0.1, -0.05) is 13.0 Å². The lowest BCUT2D eigenvalue weighted by Gasteiger charge is -2.38. The quantitative estimate of drug-likeness (QED) is 0.932. The maximum atomic E-state index is 9.62. The van der Waals surface area contributed by atoms with Crippen molar-refractivity contribution in [1.82, 2.24) is 14.3 Å². The molecule has 4 heteroatoms. The molecule has 1 aliphatic heterocycles. The summed E-state index contributed by atoms with van der Waals surface area (Å²) >= 11 is 0. The minimum atomic E-state index is 0.244. The van der Waals surface area contributed by atoms with Crippen molar-refractivity contribution in [3.8, 4) is 0 Å². The van der Waals surface area contributed by atoms with E-state index < -0.39 is 0 Å². The molecule has 0 bridgehead atoms. The summed E-state index contributed by atoms with van der Waals surface area (Å²) in [4.78, 5) is 7.06. The summed E-state index contributed by atoms with van der Waals surface area (Å²) in [5.74, 6) is 0.563. The number of aromatic nitrogens is 2. The zero-order valence-corrected chi connectivity index (χ0v) is 12.3. The smallest absolute Gasteiger partial charge is 0.137 e. The van der Waals surface area contributed by atoms with Crippen LogP contribution >= 0.6 is 0 Å². The van der Waals surface area contributed by atoms with Crippen LogP contribution in [0.4, 0.5) is 0 Å². The molecule has 2 atom stereocenters. The van der Waals surface area contributed by atoms with Crippen LogP contribution in [-0.2, 0) is 6.54 Å². The monoisotopic (exact) mass is 273 g/mol. The highest BCUT2D eigenvalue weighted by Gasteiger charge is 2.28. The molecule has 4 nitrogen and oxygen atoms in total. The molecule has 0 spiro atoms. The molecule has 0 radical (unpaired) electrons. The fourth-order valence-corrected chi connectivity index (χ4v) is 3.27. The van der Waals surface area contributed by atoms with Gasteiger partial charge in [0, 0.05) is 25.0 Å². The van der Waals surface area contributed by atoms with Gasteiger partial charge in [0.2, 0.25) is 0 Å². The van der Waals surface area contributed by atoms with Crippen molar-refractivity contribution in [2.24, 2.45) is 5.92 Å². The molecular formula is C16H23N3O. The number of aryl methyl sites for hydroxylation is 1. The van der Waals surface area contributed by atoms with Gasteiger partial charge in [0.05, 0.1) is 12.3 Å². The van der Waals surface area contributed by atoms with Gasteiger partial charge in [-0.25, -0.2) is 4.98 Å². The first-order valence-electron chi connectivity index (χ1n) is 7.46. The summed E-state index contributed by atoms with van der Waals surface area (Å²) in [6.45, 7) is 6.46. The highest BCUT2D eigenvalue weighted by Crippen LogP contribution is 2.24. The zero-order chi connectivity index (χ0) is 14.1. The Morgan fingerprint density at radius 2 is 2.20 bits per heavy atom. The highest BCUT2D eigenvalue weighted by molar-refractivity contribution is 5.41. The van der Waals surface area contributed by atoms with E-state index in [9.17, 15) is 5.11 Å². The average molecular weight is 273 g/mol. The molecule has 1 N–H and O–H groups in total. The highest BCUT2D eigenvalue weighted by atomic mass is 16.3. The molecule has 2 aromatic heterocycles. The lowest BCUT2D eigenvalue weighted by molar-refractivity contribution is 0.0465. The summed E-state index contributed by atoms with van der Waals surface area (Å²) in [5, 5.41) is 9.62. The van der Waals surface area contributed by atoms with Crippen LogP contribution in [0.3, 0.4) is 0 Å². The molecule has 1 saturated heterocycles. The molecule has 108 valence electrons. The van der Waals surface area contributed by atoms with Gasteiger partial charge in [-0.05, 0) is 43.9 Å². The topological polar surface area (TPSA) is 40.8 Å². The Morgan fingerprint density at radius 1 is 1.35 bits per heavy atom. The molecule has 2 unspecified atom stereocenters. The molecule has 0 saturated carbocycles. The number of rotatable bonds is 3. The Labute approximate surface area is 120 Å². The van der Waals surface area contributed by atoms with Gasteiger partial charge < -0.3 is 9.51 Å². The van der Waals surface area contributed by atoms with E-state index >= 15 is 0 Å². The average Bonchev–Trinajstić information content (AvgIpc) is 2.80. The Morgan fingerprint density at radius 3 is 3.00 bits per heavy atom. The third-order valence-corrected chi connectivity index (χ3v) is 4.43. The minimum absolute atomic E-state index is 0.244. The van der Waals surface area contributed by atoms with Gasteiger partial charge in [0.25, 0.3) is 0 Å². The van der Waals surface area contributed by atoms with E-state index in [-0.39, 0.29) is 12.6 Å². The van der Waals surface area contributed by atoms with Crippen molar-refractivity contribution in [2.75, 3.05) is 13.2 Å². The molecule has 0 aromatic carbocycles. The second-order valence-corrected chi connectivity index (χ2v) is 6.04. The van der Waals surface area contributed by atoms with Crippen LogP contribution < -0.4 is 0 Å². The maximum Gasteiger partial charge on any atom is 0.137 e. The van der Waals surface area contributed by atoms with Gasteiger partial charge in [-0.3, -0.25) is 4.90 Å². The number of imidazole rings is 1. The third-order valence-electron chi connectivity index (χ3n) is 4.43. The molecule has 0 aliphatic carbocycles. The van der Waals surface area contributed by atoms with Crippen molar-refractivity contribution < 1.29 is 5.11 Å². The van der Waals surface area contributed by atoms with E-state index in [4.69, 9.17) is 0 Å². The Hall–Kier alpha value is -1.39. The summed E-state index contributed by atoms with van der Waals surface area (Å²) in [7, 11) is 0. The first kappa shape index (κ1) is 13.6. The number of piperidine rings is 1. The second kappa shape index (κ2) is 5.54. The van der Waals surface area contributed by atoms with Crippen molar-refractivity contribution in [3.05, 3.63) is 35.8 Å². The van der Waals surface area contributed by atoms with Crippen LogP contribution in [-0.4, -0.2) is 38.6 Å². The van der Waals surface area contributed by atoms with Crippen molar-refractivity contribution in [3.63, 3.8) is 0 Å². The standard InChI is InChI=1S/C16H23N3O/c1-12-5-6-16-17-14(10-19(16)8-12)9-18-7-3-4-13(2)15(18)11-20/h5-6,8,10,13,15,20H,3-4,7,9,11H2,1-2H3. The van der Waals surface area contributed by atoms with Crippen LogP contribution in [0.2, 0.25) is 0 Å². The second-order valence-electron chi connectivity index (χ2n) is 6.04. The molecular weight excluding hydrogens is 250 g/mol. The van der Waals surface area contributed by atoms with Crippen LogP contribution in [0.5, 0.6) is 0 Å². The predicted molar refractivity (Wildman–Crippen MR) is 79.6 cm³/mol. The molecule has 20 heavy (non-hydrogen) atoms. The predicted octanol–water partition coefficient (Wildman–Crippen LogP) is 2.24. The number of hydrogen-bond donors (Lipinski definition) is 1. The van der Waals surface area contributed by atoms with E-state index in [2.05, 4.69) is 52.7 Å². The Kier molecular flexibility index (Phi) is 3.76. The fourth-order valence-electron chi connectivity index (χ4n) is 3.27. The SMILES string of the molecule is Cc1ccc2nc(CN3CCCC(C)C3CO)cn2c1. The van der Waals surface area contributed by atoms with Crippen molar-refractivity contribution in [2.45, 2.75) is 39.3 Å².